The van der Waals surface area contributed by atoms with E-state index >= 15 is 0 Å². The molecule has 0 saturated heterocycles. The number of hydrogen-bond donors (Lipinski definition) is 1. The van der Waals surface area contributed by atoms with E-state index in [1.54, 1.807) is 0 Å². The van der Waals surface area contributed by atoms with Crippen LogP contribution in [0.25, 0.3) is 0 Å². The number of halogens is 1. The van der Waals surface area contributed by atoms with Gasteiger partial charge in [0.25, 0.3) is 0 Å². The van der Waals surface area contributed by atoms with E-state index in [9.17, 15) is 4.79 Å². The Hall–Kier alpha value is -0.240. The van der Waals surface area contributed by atoms with E-state index in [4.69, 9.17) is 11.6 Å². The minimum absolute atomic E-state index is 0.147. The van der Waals surface area contributed by atoms with Crippen LogP contribution in [-0.2, 0) is 4.79 Å². The summed E-state index contributed by atoms with van der Waals surface area (Å²) in [7, 11) is 0. The minimum atomic E-state index is 0.147. The third-order valence-electron chi connectivity index (χ3n) is 6.79. The van der Waals surface area contributed by atoms with E-state index in [0.29, 0.717) is 23.7 Å². The number of hydrogen-bond acceptors (Lipinski definition) is 1. The van der Waals surface area contributed by atoms with Gasteiger partial charge in [-0.2, -0.15) is 0 Å². The molecule has 2 nitrogen and oxygen atoms in total. The number of rotatable bonds is 2. The van der Waals surface area contributed by atoms with Crippen molar-refractivity contribution in [3.63, 3.8) is 0 Å². The lowest BCUT2D eigenvalue weighted by Gasteiger charge is -2.53. The molecule has 0 aromatic carbocycles. The second kappa shape index (κ2) is 5.76. The Bertz CT molecular complexity index is 382. The zero-order chi connectivity index (χ0) is 14.4. The van der Waals surface area contributed by atoms with Crippen molar-refractivity contribution >= 4 is 17.5 Å². The molecular weight excluding hydrogens is 282 g/mol. The van der Waals surface area contributed by atoms with Gasteiger partial charge >= 0.3 is 0 Å². The highest BCUT2D eigenvalue weighted by atomic mass is 35.5. The van der Waals surface area contributed by atoms with E-state index < -0.39 is 0 Å². The highest BCUT2D eigenvalue weighted by molar-refractivity contribution is 6.21. The molecule has 1 N–H and O–H groups in total. The molecule has 3 heteroatoms. The first-order chi connectivity index (χ1) is 10.2. The van der Waals surface area contributed by atoms with Crippen molar-refractivity contribution in [3.8, 4) is 0 Å². The van der Waals surface area contributed by atoms with Crippen molar-refractivity contribution in [1.82, 2.24) is 5.32 Å². The Kier molecular flexibility index (Phi) is 3.94. The summed E-state index contributed by atoms with van der Waals surface area (Å²) < 4.78 is 0. The summed E-state index contributed by atoms with van der Waals surface area (Å²) >= 11 is 6.51. The van der Waals surface area contributed by atoms with Gasteiger partial charge in [-0.25, -0.2) is 0 Å². The third-order valence-corrected chi connectivity index (χ3v) is 7.31. The molecule has 2 atom stereocenters. The smallest absolute Gasteiger partial charge is 0.223 e. The maximum atomic E-state index is 12.9. The number of carbonyl (C=O) groups excluding carboxylic acids is 1. The Morgan fingerprint density at radius 1 is 0.857 bits per heavy atom. The van der Waals surface area contributed by atoms with E-state index in [-0.39, 0.29) is 11.4 Å². The average Bonchev–Trinajstić information content (AvgIpc) is 2.63. The normalized spacial score (nSPS) is 48.9. The molecule has 0 aromatic heterocycles. The van der Waals surface area contributed by atoms with Gasteiger partial charge in [0.15, 0.2) is 0 Å². The van der Waals surface area contributed by atoms with Crippen LogP contribution in [0.2, 0.25) is 0 Å². The summed E-state index contributed by atoms with van der Waals surface area (Å²) in [5.41, 5.74) is 0. The Balaban J connectivity index is 1.43. The molecule has 0 heterocycles. The fourth-order valence-corrected chi connectivity index (χ4v) is 6.40. The van der Waals surface area contributed by atoms with Crippen LogP contribution in [0.5, 0.6) is 0 Å². The summed E-state index contributed by atoms with van der Waals surface area (Å²) in [6.45, 7) is 0. The standard InChI is InChI=1S/C18H28ClNO/c19-15-4-2-1-3-5-16(15)20-18(21)17-13-7-11-6-12(9-13)10-14(17)8-11/h11-17H,1-10H2,(H,20,21). The van der Waals surface area contributed by atoms with E-state index in [1.165, 1.54) is 51.4 Å². The van der Waals surface area contributed by atoms with Crippen LogP contribution in [0.4, 0.5) is 0 Å². The van der Waals surface area contributed by atoms with Crippen molar-refractivity contribution in [2.75, 3.05) is 0 Å². The predicted molar refractivity (Wildman–Crippen MR) is 85.2 cm³/mol. The van der Waals surface area contributed by atoms with Crippen LogP contribution < -0.4 is 5.32 Å². The van der Waals surface area contributed by atoms with Crippen LogP contribution in [-0.4, -0.2) is 17.3 Å². The van der Waals surface area contributed by atoms with Crippen molar-refractivity contribution in [2.45, 2.75) is 75.6 Å². The Morgan fingerprint density at radius 2 is 1.48 bits per heavy atom. The van der Waals surface area contributed by atoms with Gasteiger partial charge in [0.05, 0.1) is 5.38 Å². The monoisotopic (exact) mass is 309 g/mol. The molecule has 5 aliphatic rings. The van der Waals surface area contributed by atoms with Gasteiger partial charge in [-0.15, -0.1) is 11.6 Å². The summed E-state index contributed by atoms with van der Waals surface area (Å²) in [6, 6.07) is 0.221. The van der Waals surface area contributed by atoms with Gasteiger partial charge in [0.2, 0.25) is 5.91 Å². The lowest BCUT2D eigenvalue weighted by Crippen LogP contribution is -2.53. The molecular formula is C18H28ClNO. The van der Waals surface area contributed by atoms with Crippen LogP contribution >= 0.6 is 11.6 Å². The van der Waals surface area contributed by atoms with Gasteiger partial charge in [-0.3, -0.25) is 4.79 Å². The fraction of sp³-hybridized carbons (Fsp3) is 0.944. The summed E-state index contributed by atoms with van der Waals surface area (Å²) in [5.74, 6) is 3.90. The molecule has 21 heavy (non-hydrogen) atoms. The summed E-state index contributed by atoms with van der Waals surface area (Å²) in [4.78, 5) is 12.9. The van der Waals surface area contributed by atoms with Gasteiger partial charge in [-0.05, 0) is 68.6 Å². The lowest BCUT2D eigenvalue weighted by atomic mass is 9.51. The molecule has 5 rings (SSSR count). The molecule has 5 aliphatic carbocycles. The molecule has 5 saturated carbocycles. The predicted octanol–water partition coefficient (Wildman–Crippen LogP) is 4.12. The molecule has 0 radical (unpaired) electrons. The fourth-order valence-electron chi connectivity index (χ4n) is 6.06. The zero-order valence-electron chi connectivity index (χ0n) is 12.9. The van der Waals surface area contributed by atoms with Crippen LogP contribution in [0.15, 0.2) is 0 Å². The second-order valence-electron chi connectivity index (χ2n) is 8.23. The maximum Gasteiger partial charge on any atom is 0.223 e. The first-order valence-corrected chi connectivity index (χ1v) is 9.59. The number of nitrogens with one attached hydrogen (secondary N) is 1. The first-order valence-electron chi connectivity index (χ1n) is 9.15. The van der Waals surface area contributed by atoms with Crippen molar-refractivity contribution in [2.24, 2.45) is 29.6 Å². The number of alkyl halides is 1. The number of carbonyl (C=O) groups is 1. The third kappa shape index (κ3) is 2.73. The molecule has 0 aliphatic heterocycles. The molecule has 5 fully saturated rings. The van der Waals surface area contributed by atoms with Crippen molar-refractivity contribution in [3.05, 3.63) is 0 Å². The van der Waals surface area contributed by atoms with Gasteiger partial charge in [-0.1, -0.05) is 19.3 Å². The SMILES string of the molecule is O=C(NC1CCCCCC1Cl)C1C2CC3CC(C2)CC1C3. The van der Waals surface area contributed by atoms with Crippen LogP contribution in [0.1, 0.15) is 64.2 Å². The van der Waals surface area contributed by atoms with E-state index in [0.717, 1.165) is 24.7 Å². The van der Waals surface area contributed by atoms with Gasteiger partial charge < -0.3 is 5.32 Å². The van der Waals surface area contributed by atoms with E-state index in [2.05, 4.69) is 5.32 Å². The largest absolute Gasteiger partial charge is 0.352 e. The van der Waals surface area contributed by atoms with Crippen LogP contribution in [0.3, 0.4) is 0 Å². The van der Waals surface area contributed by atoms with Crippen LogP contribution in [0, 0.1) is 29.6 Å². The topological polar surface area (TPSA) is 29.1 Å². The average molecular weight is 310 g/mol. The molecule has 118 valence electrons. The zero-order valence-corrected chi connectivity index (χ0v) is 13.7. The summed E-state index contributed by atoms with van der Waals surface area (Å²) in [6.07, 6.45) is 12.6. The first kappa shape index (κ1) is 14.4. The van der Waals surface area contributed by atoms with Gasteiger partial charge in [0, 0.05) is 12.0 Å². The maximum absolute atomic E-state index is 12.9. The molecule has 1 amide bonds. The van der Waals surface area contributed by atoms with E-state index in [1.807, 2.05) is 0 Å². The molecule has 0 aromatic rings. The Labute approximate surface area is 133 Å². The lowest BCUT2D eigenvalue weighted by molar-refractivity contribution is -0.138. The quantitative estimate of drug-likeness (QED) is 0.603. The highest BCUT2D eigenvalue weighted by Crippen LogP contribution is 2.56. The Morgan fingerprint density at radius 3 is 2.14 bits per heavy atom. The van der Waals surface area contributed by atoms with Crippen molar-refractivity contribution in [1.29, 1.82) is 0 Å². The summed E-state index contributed by atoms with van der Waals surface area (Å²) in [5, 5.41) is 3.51. The molecule has 2 unspecified atom stereocenters. The van der Waals surface area contributed by atoms with Gasteiger partial charge in [0.1, 0.15) is 0 Å². The van der Waals surface area contributed by atoms with Crippen molar-refractivity contribution < 1.29 is 4.79 Å². The molecule has 0 spiro atoms. The molecule has 4 bridgehead atoms. The second-order valence-corrected chi connectivity index (χ2v) is 8.79. The minimum Gasteiger partial charge on any atom is -0.352 e. The number of amides is 1. The highest BCUT2D eigenvalue weighted by Gasteiger charge is 2.51.